The van der Waals surface area contributed by atoms with E-state index in [4.69, 9.17) is 5.73 Å². The third-order valence-electron chi connectivity index (χ3n) is 4.05. The molecule has 2 aromatic carbocycles. The summed E-state index contributed by atoms with van der Waals surface area (Å²) in [5, 5.41) is 5.62. The van der Waals surface area contributed by atoms with E-state index >= 15 is 0 Å². The molecule has 4 N–H and O–H groups in total. The standard InChI is InChI=1S/C22H20N4O2/c23-14-19(20-8-4-5-13-24-20)22(28)26-18-11-9-17(10-12-18)21(27)25-15-16-6-2-1-3-7-16/h1-14H,15,23H2,(H,25,27)(H,26,28). The summed E-state index contributed by atoms with van der Waals surface area (Å²) in [5.74, 6) is -0.555. The highest BCUT2D eigenvalue weighted by molar-refractivity contribution is 6.24. The minimum Gasteiger partial charge on any atom is -0.404 e. The van der Waals surface area contributed by atoms with Crippen molar-refractivity contribution < 1.29 is 9.59 Å². The van der Waals surface area contributed by atoms with Crippen molar-refractivity contribution in [3.05, 3.63) is 102 Å². The van der Waals surface area contributed by atoms with Gasteiger partial charge in [-0.3, -0.25) is 14.6 Å². The number of pyridine rings is 1. The van der Waals surface area contributed by atoms with Gasteiger partial charge in [0.15, 0.2) is 0 Å². The first-order valence-electron chi connectivity index (χ1n) is 8.74. The number of aromatic nitrogens is 1. The van der Waals surface area contributed by atoms with E-state index < -0.39 is 0 Å². The maximum Gasteiger partial charge on any atom is 0.259 e. The Morgan fingerprint density at radius 1 is 0.929 bits per heavy atom. The van der Waals surface area contributed by atoms with Crippen LogP contribution in [0.1, 0.15) is 21.6 Å². The zero-order valence-electron chi connectivity index (χ0n) is 15.1. The van der Waals surface area contributed by atoms with E-state index in [0.29, 0.717) is 23.5 Å². The number of hydrogen-bond donors (Lipinski definition) is 3. The van der Waals surface area contributed by atoms with Gasteiger partial charge in [0.1, 0.15) is 0 Å². The van der Waals surface area contributed by atoms with Gasteiger partial charge in [0.05, 0.1) is 11.3 Å². The molecule has 0 bridgehead atoms. The molecular weight excluding hydrogens is 352 g/mol. The first-order valence-corrected chi connectivity index (χ1v) is 8.74. The minimum absolute atomic E-state index is 0.183. The second-order valence-corrected chi connectivity index (χ2v) is 6.00. The normalized spacial score (nSPS) is 10.9. The summed E-state index contributed by atoms with van der Waals surface area (Å²) in [6, 6.07) is 21.6. The van der Waals surface area contributed by atoms with Crippen molar-refractivity contribution in [2.75, 3.05) is 5.32 Å². The molecule has 6 heteroatoms. The van der Waals surface area contributed by atoms with Crippen LogP contribution in [-0.4, -0.2) is 16.8 Å². The van der Waals surface area contributed by atoms with Crippen molar-refractivity contribution in [1.29, 1.82) is 0 Å². The smallest absolute Gasteiger partial charge is 0.259 e. The van der Waals surface area contributed by atoms with Gasteiger partial charge in [-0.25, -0.2) is 0 Å². The fourth-order valence-electron chi connectivity index (χ4n) is 2.58. The van der Waals surface area contributed by atoms with Crippen LogP contribution in [0.15, 0.2) is 85.2 Å². The molecule has 6 nitrogen and oxygen atoms in total. The molecule has 140 valence electrons. The molecule has 0 aliphatic heterocycles. The van der Waals surface area contributed by atoms with Crippen LogP contribution in [0, 0.1) is 0 Å². The van der Waals surface area contributed by atoms with Crippen LogP contribution in [0.3, 0.4) is 0 Å². The van der Waals surface area contributed by atoms with Crippen molar-refractivity contribution in [2.45, 2.75) is 6.54 Å². The van der Waals surface area contributed by atoms with E-state index in [-0.39, 0.29) is 17.4 Å². The maximum atomic E-state index is 12.4. The Kier molecular flexibility index (Phi) is 6.15. The quantitative estimate of drug-likeness (QED) is 0.580. The highest BCUT2D eigenvalue weighted by Crippen LogP contribution is 2.15. The molecule has 0 aliphatic rings. The fourth-order valence-corrected chi connectivity index (χ4v) is 2.58. The van der Waals surface area contributed by atoms with Gasteiger partial charge in [-0.2, -0.15) is 0 Å². The van der Waals surface area contributed by atoms with Crippen LogP contribution in [0.25, 0.3) is 5.57 Å². The van der Waals surface area contributed by atoms with Gasteiger partial charge >= 0.3 is 0 Å². The monoisotopic (exact) mass is 372 g/mol. The number of nitrogens with two attached hydrogens (primary N) is 1. The first-order chi connectivity index (χ1) is 13.7. The average Bonchev–Trinajstić information content (AvgIpc) is 2.74. The van der Waals surface area contributed by atoms with E-state index in [1.54, 1.807) is 48.7 Å². The van der Waals surface area contributed by atoms with E-state index in [9.17, 15) is 9.59 Å². The van der Waals surface area contributed by atoms with Gasteiger partial charge < -0.3 is 16.4 Å². The zero-order chi connectivity index (χ0) is 19.8. The second-order valence-electron chi connectivity index (χ2n) is 6.00. The molecule has 28 heavy (non-hydrogen) atoms. The summed E-state index contributed by atoms with van der Waals surface area (Å²) in [7, 11) is 0. The molecule has 3 rings (SSSR count). The number of anilines is 1. The molecule has 0 aliphatic carbocycles. The van der Waals surface area contributed by atoms with Crippen molar-refractivity contribution >= 4 is 23.1 Å². The highest BCUT2D eigenvalue weighted by atomic mass is 16.2. The van der Waals surface area contributed by atoms with Gasteiger partial charge in [0.2, 0.25) is 0 Å². The molecule has 0 radical (unpaired) electrons. The summed E-state index contributed by atoms with van der Waals surface area (Å²) in [6.45, 7) is 0.451. The molecule has 0 saturated heterocycles. The molecule has 0 atom stereocenters. The topological polar surface area (TPSA) is 97.1 Å². The lowest BCUT2D eigenvalue weighted by atomic mass is 10.1. The predicted octanol–water partition coefficient (Wildman–Crippen LogP) is 2.95. The first kappa shape index (κ1) is 18.8. The number of amides is 2. The van der Waals surface area contributed by atoms with Crippen molar-refractivity contribution in [1.82, 2.24) is 10.3 Å². The molecule has 0 fully saturated rings. The summed E-state index contributed by atoms with van der Waals surface area (Å²) in [6.07, 6.45) is 2.82. The number of nitrogens with one attached hydrogen (secondary N) is 2. The Labute approximate surface area is 163 Å². The summed E-state index contributed by atoms with van der Waals surface area (Å²) in [4.78, 5) is 28.8. The van der Waals surface area contributed by atoms with Gasteiger partial charge in [0, 0.05) is 30.2 Å². The Balaban J connectivity index is 1.61. The number of hydrogen-bond acceptors (Lipinski definition) is 4. The van der Waals surface area contributed by atoms with Gasteiger partial charge in [-0.1, -0.05) is 36.4 Å². The average molecular weight is 372 g/mol. The van der Waals surface area contributed by atoms with Crippen LogP contribution >= 0.6 is 0 Å². The second kappa shape index (κ2) is 9.14. The SMILES string of the molecule is NC=C(C(=O)Nc1ccc(C(=O)NCc2ccccc2)cc1)c1ccccn1. The van der Waals surface area contributed by atoms with Gasteiger partial charge in [-0.05, 0) is 42.0 Å². The Morgan fingerprint density at radius 2 is 1.64 bits per heavy atom. The lowest BCUT2D eigenvalue weighted by molar-refractivity contribution is -0.111. The summed E-state index contributed by atoms with van der Waals surface area (Å²) in [5.41, 5.74) is 8.43. The van der Waals surface area contributed by atoms with Crippen molar-refractivity contribution in [3.8, 4) is 0 Å². The largest absolute Gasteiger partial charge is 0.404 e. The molecule has 3 aromatic rings. The number of benzene rings is 2. The third kappa shape index (κ3) is 4.82. The molecule has 1 aromatic heterocycles. The van der Waals surface area contributed by atoms with E-state index in [2.05, 4.69) is 15.6 Å². The Bertz CT molecular complexity index is 968. The van der Waals surface area contributed by atoms with Crippen LogP contribution in [0.2, 0.25) is 0 Å². The molecule has 0 spiro atoms. The van der Waals surface area contributed by atoms with E-state index in [1.165, 1.54) is 6.20 Å². The number of rotatable bonds is 6. The number of nitrogens with zero attached hydrogens (tertiary/aromatic N) is 1. The van der Waals surface area contributed by atoms with E-state index in [1.807, 2.05) is 30.3 Å². The van der Waals surface area contributed by atoms with Crippen molar-refractivity contribution in [2.24, 2.45) is 5.73 Å². The molecule has 0 unspecified atom stereocenters. The van der Waals surface area contributed by atoms with Gasteiger partial charge in [-0.15, -0.1) is 0 Å². The fraction of sp³-hybridized carbons (Fsp3) is 0.0455. The van der Waals surface area contributed by atoms with Crippen LogP contribution in [-0.2, 0) is 11.3 Å². The Hall–Kier alpha value is -3.93. The summed E-state index contributed by atoms with van der Waals surface area (Å²) >= 11 is 0. The number of carbonyl (C=O) groups is 2. The zero-order valence-corrected chi connectivity index (χ0v) is 15.1. The van der Waals surface area contributed by atoms with E-state index in [0.717, 1.165) is 5.56 Å². The molecular formula is C22H20N4O2. The molecule has 1 heterocycles. The predicted molar refractivity (Wildman–Crippen MR) is 109 cm³/mol. The lowest BCUT2D eigenvalue weighted by Gasteiger charge is -2.09. The van der Waals surface area contributed by atoms with Crippen LogP contribution in [0.4, 0.5) is 5.69 Å². The van der Waals surface area contributed by atoms with Crippen LogP contribution in [0.5, 0.6) is 0 Å². The minimum atomic E-state index is -0.373. The van der Waals surface area contributed by atoms with Crippen LogP contribution < -0.4 is 16.4 Å². The molecule has 2 amide bonds. The third-order valence-corrected chi connectivity index (χ3v) is 4.05. The molecule has 0 saturated carbocycles. The van der Waals surface area contributed by atoms with Crippen molar-refractivity contribution in [3.63, 3.8) is 0 Å². The maximum absolute atomic E-state index is 12.4. The van der Waals surface area contributed by atoms with Gasteiger partial charge in [0.25, 0.3) is 11.8 Å². The highest BCUT2D eigenvalue weighted by Gasteiger charge is 2.13. The lowest BCUT2D eigenvalue weighted by Crippen LogP contribution is -2.22. The Morgan fingerprint density at radius 3 is 2.29 bits per heavy atom. The number of carbonyl (C=O) groups excluding carboxylic acids is 2. The summed E-state index contributed by atoms with van der Waals surface area (Å²) < 4.78 is 0.